The largest absolute Gasteiger partial charge is 0.354 e. The lowest BCUT2D eigenvalue weighted by Crippen LogP contribution is -2.47. The highest BCUT2D eigenvalue weighted by Gasteiger charge is 2.24. The van der Waals surface area contributed by atoms with Crippen LogP contribution in [0.3, 0.4) is 0 Å². The van der Waals surface area contributed by atoms with Crippen LogP contribution in [0.25, 0.3) is 0 Å². The van der Waals surface area contributed by atoms with Crippen molar-refractivity contribution in [1.82, 2.24) is 10.2 Å². The fourth-order valence-electron chi connectivity index (χ4n) is 3.03. The van der Waals surface area contributed by atoms with Gasteiger partial charge in [-0.3, -0.25) is 4.79 Å². The highest BCUT2D eigenvalue weighted by molar-refractivity contribution is 5.81. The molecule has 4 nitrogen and oxygen atoms in total. The molecule has 1 rings (SSSR count). The topological polar surface area (TPSA) is 58.4 Å². The number of nitrogens with zero attached hydrogens (tertiary/aromatic N) is 1. The van der Waals surface area contributed by atoms with Crippen molar-refractivity contribution in [3.8, 4) is 0 Å². The van der Waals surface area contributed by atoms with Crippen LogP contribution in [0, 0.1) is 11.3 Å². The van der Waals surface area contributed by atoms with E-state index in [1.807, 2.05) is 0 Å². The van der Waals surface area contributed by atoms with Crippen LogP contribution in [0.4, 0.5) is 0 Å². The first-order valence-corrected chi connectivity index (χ1v) is 8.56. The summed E-state index contributed by atoms with van der Waals surface area (Å²) in [6.07, 6.45) is 6.08. The second-order valence-electron chi connectivity index (χ2n) is 7.81. The molecule has 4 heteroatoms. The number of carbonyl (C=O) groups excluding carboxylic acids is 1. The molecule has 1 aliphatic heterocycles. The number of nitrogens with one attached hydrogen (secondary N) is 1. The summed E-state index contributed by atoms with van der Waals surface area (Å²) < 4.78 is 0. The van der Waals surface area contributed by atoms with Crippen LogP contribution >= 0.6 is 0 Å². The van der Waals surface area contributed by atoms with E-state index < -0.39 is 0 Å². The molecule has 0 aromatic rings. The molecule has 0 spiro atoms. The molecular weight excluding hydrogens is 262 g/mol. The first kappa shape index (κ1) is 18.4. The predicted octanol–water partition coefficient (Wildman–Crippen LogP) is 2.38. The van der Waals surface area contributed by atoms with Gasteiger partial charge in [-0.15, -0.1) is 0 Å². The van der Waals surface area contributed by atoms with Crippen LogP contribution in [0.5, 0.6) is 0 Å². The first-order valence-electron chi connectivity index (χ1n) is 8.56. The lowest BCUT2D eigenvalue weighted by molar-refractivity contribution is -0.123. The van der Waals surface area contributed by atoms with Gasteiger partial charge in [-0.2, -0.15) is 0 Å². The van der Waals surface area contributed by atoms with Gasteiger partial charge < -0.3 is 16.0 Å². The van der Waals surface area contributed by atoms with E-state index in [9.17, 15) is 4.79 Å². The summed E-state index contributed by atoms with van der Waals surface area (Å²) in [6, 6.07) is -0.376. The van der Waals surface area contributed by atoms with E-state index in [2.05, 4.69) is 37.9 Å². The molecule has 1 heterocycles. The second-order valence-corrected chi connectivity index (χ2v) is 7.81. The zero-order valence-electron chi connectivity index (χ0n) is 14.5. The first-order chi connectivity index (χ1) is 9.80. The lowest BCUT2D eigenvalue weighted by Gasteiger charge is -2.32. The molecule has 0 radical (unpaired) electrons. The minimum Gasteiger partial charge on any atom is -0.354 e. The number of hydrogen-bond donors (Lipinski definition) is 2. The maximum atomic E-state index is 12.0. The number of hydrogen-bond acceptors (Lipinski definition) is 3. The van der Waals surface area contributed by atoms with Crippen molar-refractivity contribution in [2.75, 3.05) is 26.2 Å². The molecule has 1 saturated heterocycles. The summed E-state index contributed by atoms with van der Waals surface area (Å²) in [6.45, 7) is 12.8. The molecular formula is C17H35N3O. The molecule has 3 N–H and O–H groups in total. The molecule has 0 unspecified atom stereocenters. The fraction of sp³-hybridized carbons (Fsp3) is 0.941. The molecule has 0 saturated carbocycles. The molecule has 1 aliphatic rings. The Morgan fingerprint density at radius 3 is 2.29 bits per heavy atom. The molecule has 124 valence electrons. The van der Waals surface area contributed by atoms with Crippen LogP contribution in [0.2, 0.25) is 0 Å². The number of rotatable bonds is 7. The Morgan fingerprint density at radius 2 is 1.76 bits per heavy atom. The van der Waals surface area contributed by atoms with Crippen molar-refractivity contribution >= 4 is 5.91 Å². The Kier molecular flexibility index (Phi) is 7.67. The minimum atomic E-state index is -0.376. The second kappa shape index (κ2) is 8.74. The van der Waals surface area contributed by atoms with Gasteiger partial charge >= 0.3 is 0 Å². The van der Waals surface area contributed by atoms with Crippen LogP contribution in [-0.4, -0.2) is 43.0 Å². The van der Waals surface area contributed by atoms with E-state index in [-0.39, 0.29) is 17.4 Å². The van der Waals surface area contributed by atoms with Gasteiger partial charge in [0.15, 0.2) is 0 Å². The van der Waals surface area contributed by atoms with E-state index in [1.54, 1.807) is 0 Å². The van der Waals surface area contributed by atoms with Crippen molar-refractivity contribution in [3.05, 3.63) is 0 Å². The number of carbonyl (C=O) groups is 1. The normalized spacial score (nSPS) is 19.3. The number of likely N-dealkylation sites (tertiary alicyclic amines) is 1. The highest BCUT2D eigenvalue weighted by atomic mass is 16.2. The summed E-state index contributed by atoms with van der Waals surface area (Å²) in [5.74, 6) is 0.448. The lowest BCUT2D eigenvalue weighted by atomic mass is 9.92. The Labute approximate surface area is 130 Å². The molecule has 0 bridgehead atoms. The minimum absolute atomic E-state index is 0.00681. The fourth-order valence-corrected chi connectivity index (χ4v) is 3.03. The third-order valence-electron chi connectivity index (χ3n) is 4.15. The Morgan fingerprint density at radius 1 is 1.19 bits per heavy atom. The van der Waals surface area contributed by atoms with Crippen LogP contribution in [0.15, 0.2) is 0 Å². The summed E-state index contributed by atoms with van der Waals surface area (Å²) >= 11 is 0. The van der Waals surface area contributed by atoms with Crippen LogP contribution in [-0.2, 0) is 4.79 Å². The average molecular weight is 297 g/mol. The molecule has 1 atom stereocenters. The molecule has 0 aromatic heterocycles. The summed E-state index contributed by atoms with van der Waals surface area (Å²) in [4.78, 5) is 14.6. The standard InChI is InChI=1S/C17H35N3O/c1-14(2)11-15(18)16(21)19-12-17(3,4)13-20-9-7-5-6-8-10-20/h14-15H,5-13,18H2,1-4H3,(H,19,21)/t15-/m0/s1. The third-order valence-corrected chi connectivity index (χ3v) is 4.15. The van der Waals surface area contributed by atoms with Crippen molar-refractivity contribution in [2.24, 2.45) is 17.1 Å². The van der Waals surface area contributed by atoms with Crippen molar-refractivity contribution in [3.63, 3.8) is 0 Å². The molecule has 21 heavy (non-hydrogen) atoms. The monoisotopic (exact) mass is 297 g/mol. The zero-order chi connectivity index (χ0) is 15.9. The molecule has 1 fully saturated rings. The van der Waals surface area contributed by atoms with Crippen molar-refractivity contribution in [1.29, 1.82) is 0 Å². The van der Waals surface area contributed by atoms with Gasteiger partial charge in [0.25, 0.3) is 0 Å². The predicted molar refractivity (Wildman–Crippen MR) is 89.1 cm³/mol. The van der Waals surface area contributed by atoms with Crippen LogP contribution in [0.1, 0.15) is 59.8 Å². The number of amides is 1. The average Bonchev–Trinajstić information content (AvgIpc) is 2.63. The van der Waals surface area contributed by atoms with Gasteiger partial charge in [-0.25, -0.2) is 0 Å². The van der Waals surface area contributed by atoms with Crippen molar-refractivity contribution in [2.45, 2.75) is 65.8 Å². The van der Waals surface area contributed by atoms with E-state index in [0.717, 1.165) is 13.0 Å². The quantitative estimate of drug-likeness (QED) is 0.758. The van der Waals surface area contributed by atoms with Gasteiger partial charge in [0.2, 0.25) is 5.91 Å². The number of nitrogens with two attached hydrogens (primary N) is 1. The summed E-state index contributed by atoms with van der Waals surface area (Å²) in [5, 5.41) is 3.04. The molecule has 0 aliphatic carbocycles. The Balaban J connectivity index is 2.35. The van der Waals surface area contributed by atoms with Gasteiger partial charge in [0.05, 0.1) is 6.04 Å². The van der Waals surface area contributed by atoms with E-state index >= 15 is 0 Å². The molecule has 0 aromatic carbocycles. The summed E-state index contributed by atoms with van der Waals surface area (Å²) in [5.41, 5.74) is 6.02. The maximum absolute atomic E-state index is 12.0. The Hall–Kier alpha value is -0.610. The smallest absolute Gasteiger partial charge is 0.236 e. The van der Waals surface area contributed by atoms with Crippen molar-refractivity contribution < 1.29 is 4.79 Å². The third kappa shape index (κ3) is 7.82. The molecule has 1 amide bonds. The van der Waals surface area contributed by atoms with Gasteiger partial charge in [-0.1, -0.05) is 40.5 Å². The van der Waals surface area contributed by atoms with Crippen LogP contribution < -0.4 is 11.1 Å². The zero-order valence-corrected chi connectivity index (χ0v) is 14.5. The highest BCUT2D eigenvalue weighted by Crippen LogP contribution is 2.19. The van der Waals surface area contributed by atoms with E-state index in [1.165, 1.54) is 38.8 Å². The van der Waals surface area contributed by atoms with Gasteiger partial charge in [0, 0.05) is 13.1 Å². The van der Waals surface area contributed by atoms with E-state index in [4.69, 9.17) is 5.73 Å². The van der Waals surface area contributed by atoms with E-state index in [0.29, 0.717) is 12.5 Å². The van der Waals surface area contributed by atoms with Gasteiger partial charge in [0.1, 0.15) is 0 Å². The van der Waals surface area contributed by atoms with Gasteiger partial charge in [-0.05, 0) is 43.7 Å². The SMILES string of the molecule is CC(C)C[C@H](N)C(=O)NCC(C)(C)CN1CCCCCC1. The maximum Gasteiger partial charge on any atom is 0.236 e. The Bertz CT molecular complexity index is 307. The summed E-state index contributed by atoms with van der Waals surface area (Å²) in [7, 11) is 0.